The van der Waals surface area contributed by atoms with E-state index < -0.39 is 6.03 Å². The van der Waals surface area contributed by atoms with Crippen LogP contribution >= 0.6 is 0 Å². The zero-order valence-electron chi connectivity index (χ0n) is 10.3. The number of piperidine rings is 1. The summed E-state index contributed by atoms with van der Waals surface area (Å²) in [4.78, 5) is 24.6. The van der Waals surface area contributed by atoms with E-state index in [1.807, 2.05) is 6.92 Å². The monoisotopic (exact) mass is 251 g/mol. The van der Waals surface area contributed by atoms with Crippen LogP contribution < -0.4 is 11.1 Å². The Morgan fingerprint density at radius 3 is 3.00 bits per heavy atom. The number of nitrogens with two attached hydrogens (primary N) is 1. The number of anilines is 1. The van der Waals surface area contributed by atoms with Gasteiger partial charge in [-0.1, -0.05) is 0 Å². The Hall–Kier alpha value is -2.05. The Bertz CT molecular complexity index is 456. The van der Waals surface area contributed by atoms with Gasteiger partial charge in [-0.15, -0.1) is 0 Å². The highest BCUT2D eigenvalue weighted by molar-refractivity contribution is 5.92. The fourth-order valence-corrected chi connectivity index (χ4v) is 2.10. The second-order valence-corrected chi connectivity index (χ2v) is 4.55. The largest absolute Gasteiger partial charge is 0.351 e. The van der Waals surface area contributed by atoms with Gasteiger partial charge in [0.1, 0.15) is 0 Å². The van der Waals surface area contributed by atoms with Crippen molar-refractivity contribution in [3.05, 3.63) is 11.8 Å². The van der Waals surface area contributed by atoms with E-state index in [2.05, 4.69) is 15.5 Å². The summed E-state index contributed by atoms with van der Waals surface area (Å²) < 4.78 is 0. The number of nitrogens with zero attached hydrogens (tertiary/aromatic N) is 2. The van der Waals surface area contributed by atoms with Crippen molar-refractivity contribution in [1.29, 1.82) is 0 Å². The Kier molecular flexibility index (Phi) is 3.50. The summed E-state index contributed by atoms with van der Waals surface area (Å²) in [6.45, 7) is 2.86. The van der Waals surface area contributed by atoms with Crippen LogP contribution in [-0.4, -0.2) is 40.1 Å². The molecular weight excluding hydrogens is 234 g/mol. The number of rotatable bonds is 2. The number of likely N-dealkylation sites (tertiary alicyclic amines) is 1. The van der Waals surface area contributed by atoms with Gasteiger partial charge in [0, 0.05) is 24.8 Å². The topological polar surface area (TPSA) is 104 Å². The zero-order valence-corrected chi connectivity index (χ0v) is 10.3. The molecule has 4 N–H and O–H groups in total. The zero-order chi connectivity index (χ0) is 13.1. The molecule has 98 valence electrons. The van der Waals surface area contributed by atoms with E-state index in [1.54, 1.807) is 6.07 Å². The van der Waals surface area contributed by atoms with E-state index in [0.717, 1.165) is 18.5 Å². The number of hydrogen-bond acceptors (Lipinski definition) is 3. The fourth-order valence-electron chi connectivity index (χ4n) is 2.10. The minimum atomic E-state index is -0.469. The molecule has 1 saturated heterocycles. The molecule has 0 aliphatic carbocycles. The summed E-state index contributed by atoms with van der Waals surface area (Å²) in [6.07, 6.45) is 1.56. The van der Waals surface area contributed by atoms with E-state index in [1.165, 1.54) is 4.90 Å². The average molecular weight is 251 g/mol. The van der Waals surface area contributed by atoms with Crippen LogP contribution in [0.4, 0.5) is 10.6 Å². The van der Waals surface area contributed by atoms with Gasteiger partial charge >= 0.3 is 6.03 Å². The Morgan fingerprint density at radius 2 is 2.39 bits per heavy atom. The van der Waals surface area contributed by atoms with Crippen molar-refractivity contribution in [1.82, 2.24) is 15.1 Å². The van der Waals surface area contributed by atoms with Crippen molar-refractivity contribution < 1.29 is 9.59 Å². The quantitative estimate of drug-likeness (QED) is 0.710. The number of urea groups is 1. The average Bonchev–Trinajstić information content (AvgIpc) is 2.75. The van der Waals surface area contributed by atoms with Gasteiger partial charge in [0.2, 0.25) is 5.91 Å². The molecule has 2 heterocycles. The van der Waals surface area contributed by atoms with Gasteiger partial charge in [-0.3, -0.25) is 9.89 Å². The standard InChI is InChI=1S/C11H17N5O2/c1-7-5-9(15-14-7)13-10(17)8-3-2-4-16(6-8)11(12)18/h5,8H,2-4,6H2,1H3,(H2,12,18)(H2,13,14,15,17). The van der Waals surface area contributed by atoms with E-state index in [4.69, 9.17) is 5.73 Å². The molecule has 1 aliphatic rings. The number of aromatic nitrogens is 2. The van der Waals surface area contributed by atoms with E-state index >= 15 is 0 Å². The van der Waals surface area contributed by atoms with Crippen molar-refractivity contribution in [3.63, 3.8) is 0 Å². The van der Waals surface area contributed by atoms with Crippen LogP contribution in [0.1, 0.15) is 18.5 Å². The van der Waals surface area contributed by atoms with Gasteiger partial charge in [0.25, 0.3) is 0 Å². The van der Waals surface area contributed by atoms with Crippen LogP contribution in [0.25, 0.3) is 0 Å². The highest BCUT2D eigenvalue weighted by atomic mass is 16.2. The van der Waals surface area contributed by atoms with Gasteiger partial charge in [0.15, 0.2) is 5.82 Å². The predicted octanol–water partition coefficient (Wildman–Crippen LogP) is 0.447. The lowest BCUT2D eigenvalue weighted by Crippen LogP contribution is -2.46. The molecule has 0 saturated carbocycles. The van der Waals surface area contributed by atoms with Crippen LogP contribution in [0, 0.1) is 12.8 Å². The third-order valence-corrected chi connectivity index (χ3v) is 3.06. The number of aromatic amines is 1. The maximum atomic E-state index is 12.0. The summed E-state index contributed by atoms with van der Waals surface area (Å²) in [6, 6.07) is 1.29. The molecule has 2 rings (SSSR count). The van der Waals surface area contributed by atoms with Crippen LogP contribution in [0.15, 0.2) is 6.07 Å². The normalized spacial score (nSPS) is 19.6. The number of nitrogens with one attached hydrogen (secondary N) is 2. The fraction of sp³-hybridized carbons (Fsp3) is 0.545. The lowest BCUT2D eigenvalue weighted by atomic mass is 9.97. The van der Waals surface area contributed by atoms with Gasteiger partial charge < -0.3 is 16.0 Å². The number of hydrogen-bond donors (Lipinski definition) is 3. The van der Waals surface area contributed by atoms with E-state index in [0.29, 0.717) is 18.9 Å². The molecule has 3 amide bonds. The minimum Gasteiger partial charge on any atom is -0.351 e. The first kappa shape index (κ1) is 12.4. The molecular formula is C11H17N5O2. The molecule has 7 heteroatoms. The Labute approximate surface area is 105 Å². The highest BCUT2D eigenvalue weighted by Gasteiger charge is 2.27. The number of primary amides is 1. The lowest BCUT2D eigenvalue weighted by molar-refractivity contribution is -0.121. The molecule has 0 aromatic carbocycles. The van der Waals surface area contributed by atoms with E-state index in [-0.39, 0.29) is 11.8 Å². The van der Waals surface area contributed by atoms with Crippen molar-refractivity contribution in [2.45, 2.75) is 19.8 Å². The number of amides is 3. The summed E-state index contributed by atoms with van der Waals surface area (Å²) in [7, 11) is 0. The number of carbonyl (C=O) groups is 2. The minimum absolute atomic E-state index is 0.118. The number of H-pyrrole nitrogens is 1. The van der Waals surface area contributed by atoms with Crippen LogP contribution in [0.5, 0.6) is 0 Å². The first-order valence-electron chi connectivity index (χ1n) is 5.93. The van der Waals surface area contributed by atoms with Crippen LogP contribution in [0.3, 0.4) is 0 Å². The SMILES string of the molecule is Cc1cc(NC(=O)C2CCCN(C(N)=O)C2)n[nH]1. The smallest absolute Gasteiger partial charge is 0.314 e. The molecule has 0 bridgehead atoms. The molecule has 7 nitrogen and oxygen atoms in total. The van der Waals surface area contributed by atoms with Crippen molar-refractivity contribution in [2.75, 3.05) is 18.4 Å². The van der Waals surface area contributed by atoms with Gasteiger partial charge in [-0.2, -0.15) is 5.10 Å². The Balaban J connectivity index is 1.94. The summed E-state index contributed by atoms with van der Waals surface area (Å²) >= 11 is 0. The number of aryl methyl sites for hydroxylation is 1. The van der Waals surface area contributed by atoms with Crippen molar-refractivity contribution in [2.24, 2.45) is 11.7 Å². The van der Waals surface area contributed by atoms with Crippen LogP contribution in [0.2, 0.25) is 0 Å². The van der Waals surface area contributed by atoms with Gasteiger partial charge in [0.05, 0.1) is 5.92 Å². The van der Waals surface area contributed by atoms with Crippen molar-refractivity contribution >= 4 is 17.8 Å². The highest BCUT2D eigenvalue weighted by Crippen LogP contribution is 2.18. The van der Waals surface area contributed by atoms with Crippen LogP contribution in [-0.2, 0) is 4.79 Å². The number of carbonyl (C=O) groups excluding carboxylic acids is 2. The molecule has 18 heavy (non-hydrogen) atoms. The maximum absolute atomic E-state index is 12.0. The van der Waals surface area contributed by atoms with Gasteiger partial charge in [-0.05, 0) is 19.8 Å². The Morgan fingerprint density at radius 1 is 1.61 bits per heavy atom. The molecule has 1 aromatic heterocycles. The predicted molar refractivity (Wildman–Crippen MR) is 65.8 cm³/mol. The molecule has 1 fully saturated rings. The first-order valence-corrected chi connectivity index (χ1v) is 5.93. The second kappa shape index (κ2) is 5.07. The molecule has 0 radical (unpaired) electrons. The molecule has 1 atom stereocenters. The third kappa shape index (κ3) is 2.79. The lowest BCUT2D eigenvalue weighted by Gasteiger charge is -2.30. The second-order valence-electron chi connectivity index (χ2n) is 4.55. The van der Waals surface area contributed by atoms with Gasteiger partial charge in [-0.25, -0.2) is 4.79 Å². The molecule has 1 unspecified atom stereocenters. The summed E-state index contributed by atoms with van der Waals surface area (Å²) in [5.74, 6) is 0.171. The third-order valence-electron chi connectivity index (χ3n) is 3.06. The maximum Gasteiger partial charge on any atom is 0.314 e. The first-order chi connectivity index (χ1) is 8.56. The molecule has 0 spiro atoms. The van der Waals surface area contributed by atoms with Crippen molar-refractivity contribution in [3.8, 4) is 0 Å². The molecule has 1 aliphatic heterocycles. The van der Waals surface area contributed by atoms with E-state index in [9.17, 15) is 9.59 Å². The molecule has 1 aromatic rings. The summed E-state index contributed by atoms with van der Waals surface area (Å²) in [5, 5.41) is 9.43. The summed E-state index contributed by atoms with van der Waals surface area (Å²) in [5.41, 5.74) is 6.11.